The van der Waals surface area contributed by atoms with Crippen LogP contribution >= 0.6 is 0 Å². The summed E-state index contributed by atoms with van der Waals surface area (Å²) in [6.07, 6.45) is 1.17. The molecular weight excluding hydrogens is 252 g/mol. The number of benzene rings is 1. The molecule has 0 saturated carbocycles. The highest BCUT2D eigenvalue weighted by atomic mass is 19.1. The molecule has 1 aromatic carbocycles. The first-order chi connectivity index (χ1) is 9.08. The van der Waals surface area contributed by atoms with Crippen LogP contribution in [0.3, 0.4) is 0 Å². The molecule has 3 nitrogen and oxygen atoms in total. The minimum atomic E-state index is -0.732. The van der Waals surface area contributed by atoms with Crippen molar-refractivity contribution in [2.45, 2.75) is 12.8 Å². The van der Waals surface area contributed by atoms with Crippen molar-refractivity contribution >= 4 is 5.78 Å². The van der Waals surface area contributed by atoms with Crippen molar-refractivity contribution in [3.05, 3.63) is 35.4 Å². The van der Waals surface area contributed by atoms with E-state index in [0.29, 0.717) is 6.54 Å². The van der Waals surface area contributed by atoms with Gasteiger partial charge < -0.3 is 10.0 Å². The largest absolute Gasteiger partial charge is 0.396 e. The normalized spacial score (nSPS) is 19.8. The molecule has 19 heavy (non-hydrogen) atoms. The molecule has 0 radical (unpaired) electrons. The molecule has 2 rings (SSSR count). The van der Waals surface area contributed by atoms with Gasteiger partial charge >= 0.3 is 0 Å². The molecule has 1 heterocycles. The standard InChI is InChI=1S/C14H17F2NO2/c15-12-5-11(6-13(16)7-12)14(19)2-4-17-3-1-10(8-17)9-18/h5-7,10,18H,1-4,8-9H2. The van der Waals surface area contributed by atoms with Crippen molar-refractivity contribution in [1.29, 1.82) is 0 Å². The highest BCUT2D eigenvalue weighted by Gasteiger charge is 2.22. The molecular formula is C14H17F2NO2. The Morgan fingerprint density at radius 3 is 2.58 bits per heavy atom. The van der Waals surface area contributed by atoms with Gasteiger partial charge in [-0.1, -0.05) is 0 Å². The lowest BCUT2D eigenvalue weighted by molar-refractivity contribution is 0.0966. The fourth-order valence-corrected chi connectivity index (χ4v) is 2.38. The summed E-state index contributed by atoms with van der Waals surface area (Å²) >= 11 is 0. The molecule has 104 valence electrons. The van der Waals surface area contributed by atoms with Crippen LogP contribution in [0.15, 0.2) is 18.2 Å². The number of hydrogen-bond donors (Lipinski definition) is 1. The van der Waals surface area contributed by atoms with Crippen molar-refractivity contribution in [1.82, 2.24) is 4.90 Å². The number of aliphatic hydroxyl groups excluding tert-OH is 1. The van der Waals surface area contributed by atoms with Gasteiger partial charge in [-0.2, -0.15) is 0 Å². The summed E-state index contributed by atoms with van der Waals surface area (Å²) < 4.78 is 26.0. The Morgan fingerprint density at radius 1 is 1.32 bits per heavy atom. The summed E-state index contributed by atoms with van der Waals surface area (Å²) in [4.78, 5) is 13.9. The second kappa shape index (κ2) is 6.21. The average Bonchev–Trinajstić information content (AvgIpc) is 2.82. The Balaban J connectivity index is 1.87. The molecule has 5 heteroatoms. The zero-order chi connectivity index (χ0) is 13.8. The van der Waals surface area contributed by atoms with Gasteiger partial charge in [0.15, 0.2) is 5.78 Å². The van der Waals surface area contributed by atoms with Crippen molar-refractivity contribution in [3.63, 3.8) is 0 Å². The smallest absolute Gasteiger partial charge is 0.164 e. The maximum Gasteiger partial charge on any atom is 0.164 e. The molecule has 1 N–H and O–H groups in total. The predicted octanol–water partition coefficient (Wildman–Crippen LogP) is 1.85. The van der Waals surface area contributed by atoms with Gasteiger partial charge in [0, 0.05) is 37.7 Å². The predicted molar refractivity (Wildman–Crippen MR) is 66.9 cm³/mol. The third-order valence-electron chi connectivity index (χ3n) is 3.47. The number of ketones is 1. The minimum absolute atomic E-state index is 0.0791. The highest BCUT2D eigenvalue weighted by Crippen LogP contribution is 2.16. The van der Waals surface area contributed by atoms with E-state index in [9.17, 15) is 13.6 Å². The lowest BCUT2D eigenvalue weighted by atomic mass is 10.1. The van der Waals surface area contributed by atoms with Crippen LogP contribution in [0, 0.1) is 17.6 Å². The number of carbonyl (C=O) groups is 1. The van der Waals surface area contributed by atoms with Gasteiger partial charge in [0.2, 0.25) is 0 Å². The molecule has 0 bridgehead atoms. The van der Waals surface area contributed by atoms with Crippen LogP contribution < -0.4 is 0 Å². The number of halogens is 2. The molecule has 1 atom stereocenters. The van der Waals surface area contributed by atoms with Gasteiger partial charge in [-0.05, 0) is 31.0 Å². The monoisotopic (exact) mass is 269 g/mol. The van der Waals surface area contributed by atoms with Gasteiger partial charge in [0.25, 0.3) is 0 Å². The molecule has 1 aliphatic rings. The molecule has 0 aromatic heterocycles. The first-order valence-corrected chi connectivity index (χ1v) is 6.41. The van der Waals surface area contributed by atoms with E-state index in [1.165, 1.54) is 0 Å². The van der Waals surface area contributed by atoms with Crippen molar-refractivity contribution in [2.24, 2.45) is 5.92 Å². The van der Waals surface area contributed by atoms with E-state index in [2.05, 4.69) is 4.90 Å². The van der Waals surface area contributed by atoms with Crippen LogP contribution in [-0.2, 0) is 0 Å². The number of hydrogen-bond acceptors (Lipinski definition) is 3. The van der Waals surface area contributed by atoms with Gasteiger partial charge in [-0.3, -0.25) is 4.79 Å². The Morgan fingerprint density at radius 2 is 2.00 bits per heavy atom. The Hall–Kier alpha value is -1.33. The number of nitrogens with zero attached hydrogens (tertiary/aromatic N) is 1. The van der Waals surface area contributed by atoms with Gasteiger partial charge in [-0.25, -0.2) is 8.78 Å². The van der Waals surface area contributed by atoms with Gasteiger partial charge in [-0.15, -0.1) is 0 Å². The van der Waals surface area contributed by atoms with Crippen LogP contribution in [-0.4, -0.2) is 42.0 Å². The highest BCUT2D eigenvalue weighted by molar-refractivity contribution is 5.96. The minimum Gasteiger partial charge on any atom is -0.396 e. The summed E-state index contributed by atoms with van der Waals surface area (Å²) in [7, 11) is 0. The van der Waals surface area contributed by atoms with Crippen LogP contribution in [0.1, 0.15) is 23.2 Å². The van der Waals surface area contributed by atoms with E-state index in [1.54, 1.807) is 0 Å². The van der Waals surface area contributed by atoms with E-state index in [4.69, 9.17) is 5.11 Å². The third-order valence-corrected chi connectivity index (χ3v) is 3.47. The summed E-state index contributed by atoms with van der Waals surface area (Å²) in [6, 6.07) is 2.88. The van der Waals surface area contributed by atoms with E-state index >= 15 is 0 Å². The average molecular weight is 269 g/mol. The molecule has 1 unspecified atom stereocenters. The topological polar surface area (TPSA) is 40.5 Å². The Kier molecular flexibility index (Phi) is 4.61. The van der Waals surface area contributed by atoms with E-state index in [1.807, 2.05) is 0 Å². The Labute approximate surface area is 110 Å². The lowest BCUT2D eigenvalue weighted by Crippen LogP contribution is -2.24. The molecule has 1 aliphatic heterocycles. The van der Waals surface area contributed by atoms with E-state index < -0.39 is 11.6 Å². The first kappa shape index (κ1) is 14.1. The van der Waals surface area contributed by atoms with Crippen molar-refractivity contribution < 1.29 is 18.7 Å². The second-order valence-corrected chi connectivity index (χ2v) is 4.97. The molecule has 0 spiro atoms. The number of likely N-dealkylation sites (tertiary alicyclic amines) is 1. The SMILES string of the molecule is O=C(CCN1CCC(CO)C1)c1cc(F)cc(F)c1. The van der Waals surface area contributed by atoms with Crippen LogP contribution in [0.4, 0.5) is 8.78 Å². The maximum absolute atomic E-state index is 13.0. The fraction of sp³-hybridized carbons (Fsp3) is 0.500. The fourth-order valence-electron chi connectivity index (χ4n) is 2.38. The zero-order valence-corrected chi connectivity index (χ0v) is 10.6. The summed E-state index contributed by atoms with van der Waals surface area (Å²) in [6.45, 7) is 2.37. The summed E-state index contributed by atoms with van der Waals surface area (Å²) in [5.41, 5.74) is 0.0791. The van der Waals surface area contributed by atoms with Crippen LogP contribution in [0.25, 0.3) is 0 Å². The zero-order valence-electron chi connectivity index (χ0n) is 10.6. The summed E-state index contributed by atoms with van der Waals surface area (Å²) in [5, 5.41) is 9.02. The number of carbonyl (C=O) groups excluding carboxylic acids is 1. The van der Waals surface area contributed by atoms with Crippen LogP contribution in [0.5, 0.6) is 0 Å². The molecule has 0 amide bonds. The summed E-state index contributed by atoms with van der Waals surface area (Å²) in [5.74, 6) is -1.44. The van der Waals surface area contributed by atoms with Crippen molar-refractivity contribution in [3.8, 4) is 0 Å². The van der Waals surface area contributed by atoms with E-state index in [0.717, 1.165) is 37.7 Å². The lowest BCUT2D eigenvalue weighted by Gasteiger charge is -2.14. The molecule has 0 aliphatic carbocycles. The quantitative estimate of drug-likeness (QED) is 0.829. The van der Waals surface area contributed by atoms with Gasteiger partial charge in [0.1, 0.15) is 11.6 Å². The molecule has 1 aromatic rings. The third kappa shape index (κ3) is 3.81. The number of aliphatic hydroxyl groups is 1. The maximum atomic E-state index is 13.0. The van der Waals surface area contributed by atoms with Crippen molar-refractivity contribution in [2.75, 3.05) is 26.2 Å². The van der Waals surface area contributed by atoms with Crippen LogP contribution in [0.2, 0.25) is 0 Å². The number of rotatable bonds is 5. The first-order valence-electron chi connectivity index (χ1n) is 6.41. The van der Waals surface area contributed by atoms with E-state index in [-0.39, 0.29) is 30.3 Å². The second-order valence-electron chi connectivity index (χ2n) is 4.97. The molecule has 1 fully saturated rings. The molecule has 1 saturated heterocycles. The van der Waals surface area contributed by atoms with Gasteiger partial charge in [0.05, 0.1) is 0 Å². The Bertz CT molecular complexity index is 445. The number of Topliss-reactive ketones (excluding diaryl/α,β-unsaturated/α-hetero) is 1.